The number of fused-ring (bicyclic) bond motifs is 2. The smallest absolute Gasteiger partial charge is 0.248 e. The lowest BCUT2D eigenvalue weighted by molar-refractivity contribution is -0.116. The molecular weight excluding hydrogens is 352 g/mol. The van der Waals surface area contributed by atoms with Crippen LogP contribution in [0.4, 0.5) is 26.0 Å². The van der Waals surface area contributed by atoms with Gasteiger partial charge in [0.1, 0.15) is 5.82 Å². The van der Waals surface area contributed by atoms with E-state index in [4.69, 9.17) is 4.74 Å². The maximum Gasteiger partial charge on any atom is 0.248 e. The number of ether oxygens (including phenoxy) is 1. The number of hydrogen-bond donors (Lipinski definition) is 1. The average Bonchev–Trinajstić information content (AvgIpc) is 2.84. The highest BCUT2D eigenvalue weighted by atomic mass is 19.3. The second kappa shape index (κ2) is 6.88. The van der Waals surface area contributed by atoms with Crippen LogP contribution in [0.25, 0.3) is 0 Å². The van der Waals surface area contributed by atoms with Crippen molar-refractivity contribution in [1.82, 2.24) is 4.98 Å². The number of nitrogens with zero attached hydrogens (tertiary/aromatic N) is 2. The number of carbonyl (C=O) groups is 1. The molecule has 27 heavy (non-hydrogen) atoms. The van der Waals surface area contributed by atoms with Crippen molar-refractivity contribution in [1.29, 1.82) is 0 Å². The van der Waals surface area contributed by atoms with Crippen LogP contribution in [0.3, 0.4) is 0 Å². The first-order valence-electron chi connectivity index (χ1n) is 9.01. The van der Waals surface area contributed by atoms with Crippen LogP contribution in [0, 0.1) is 0 Å². The van der Waals surface area contributed by atoms with E-state index in [0.29, 0.717) is 42.5 Å². The lowest BCUT2D eigenvalue weighted by Gasteiger charge is -2.37. The van der Waals surface area contributed by atoms with Gasteiger partial charge in [0.15, 0.2) is 0 Å². The molecule has 0 aliphatic carbocycles. The number of aromatic nitrogens is 1. The Morgan fingerprint density at radius 3 is 2.78 bits per heavy atom. The normalized spacial score (nSPS) is 18.3. The summed E-state index contributed by atoms with van der Waals surface area (Å²) in [7, 11) is 0. The van der Waals surface area contributed by atoms with E-state index in [1.54, 1.807) is 29.3 Å². The highest BCUT2D eigenvalue weighted by Crippen LogP contribution is 2.44. The van der Waals surface area contributed by atoms with Crippen molar-refractivity contribution in [3.8, 4) is 0 Å². The van der Waals surface area contributed by atoms with Gasteiger partial charge in [-0.05, 0) is 36.6 Å². The van der Waals surface area contributed by atoms with Crippen molar-refractivity contribution in [2.45, 2.75) is 38.2 Å². The maximum absolute atomic E-state index is 14.1. The molecule has 1 aromatic carbocycles. The summed E-state index contributed by atoms with van der Waals surface area (Å²) < 4.78 is 33.5. The van der Waals surface area contributed by atoms with E-state index in [0.717, 1.165) is 5.56 Å². The quantitative estimate of drug-likeness (QED) is 0.864. The predicted octanol–water partition coefficient (Wildman–Crippen LogP) is 4.01. The summed E-state index contributed by atoms with van der Waals surface area (Å²) in [4.78, 5) is 18.3. The topological polar surface area (TPSA) is 54.5 Å². The fourth-order valence-electron chi connectivity index (χ4n) is 3.88. The molecule has 0 saturated carbocycles. The number of benzene rings is 1. The molecule has 7 heteroatoms. The van der Waals surface area contributed by atoms with E-state index in [-0.39, 0.29) is 18.7 Å². The van der Waals surface area contributed by atoms with Crippen molar-refractivity contribution < 1.29 is 18.3 Å². The van der Waals surface area contributed by atoms with E-state index >= 15 is 0 Å². The third-order valence-electron chi connectivity index (χ3n) is 5.52. The van der Waals surface area contributed by atoms with Crippen molar-refractivity contribution >= 4 is 23.1 Å². The average molecular weight is 373 g/mol. The van der Waals surface area contributed by atoms with Crippen LogP contribution in [-0.4, -0.2) is 30.5 Å². The van der Waals surface area contributed by atoms with Gasteiger partial charge in [0, 0.05) is 31.9 Å². The first-order chi connectivity index (χ1) is 13.0. The fraction of sp³-hybridized carbons (Fsp3) is 0.400. The minimum atomic E-state index is -2.50. The largest absolute Gasteiger partial charge is 0.381 e. The molecule has 0 atom stereocenters. The highest BCUT2D eigenvalue weighted by molar-refractivity contribution is 5.97. The van der Waals surface area contributed by atoms with Crippen LogP contribution in [0.2, 0.25) is 0 Å². The van der Waals surface area contributed by atoms with Gasteiger partial charge in [-0.2, -0.15) is 0 Å². The third-order valence-corrected chi connectivity index (χ3v) is 5.52. The molecule has 1 aromatic heterocycles. The molecule has 1 saturated heterocycles. The zero-order valence-corrected chi connectivity index (χ0v) is 15.0. The van der Waals surface area contributed by atoms with Crippen LogP contribution >= 0.6 is 0 Å². The number of carbonyl (C=O) groups excluding carboxylic acids is 1. The number of pyridine rings is 1. The molecule has 0 radical (unpaired) electrons. The number of rotatable bonds is 2. The Labute approximate surface area is 156 Å². The van der Waals surface area contributed by atoms with Crippen LogP contribution in [0.5, 0.6) is 0 Å². The van der Waals surface area contributed by atoms with E-state index in [1.165, 1.54) is 6.92 Å². The number of nitrogens with one attached hydrogen (secondary N) is 1. The molecular formula is C20H21F2N3O2. The summed E-state index contributed by atoms with van der Waals surface area (Å²) in [5.41, 5.74) is 1.46. The van der Waals surface area contributed by atoms with Gasteiger partial charge in [0.25, 0.3) is 0 Å². The van der Waals surface area contributed by atoms with Gasteiger partial charge in [0.05, 0.1) is 23.3 Å². The standard InChI is InChI=1S/C20H21F2N3O2/c1-13(26)25-12-14-3-2-8-23-18(14)24-16-5-4-15(11-17(16)25)20(19(21)22)6-9-27-10-7-20/h2-5,8,11,19H,6-7,9-10,12H2,1H3,(H,23,24). The number of alkyl halides is 2. The molecule has 1 amide bonds. The molecule has 2 aliphatic heterocycles. The molecule has 142 valence electrons. The minimum absolute atomic E-state index is 0.148. The zero-order chi connectivity index (χ0) is 19.0. The Kier molecular flexibility index (Phi) is 4.55. The van der Waals surface area contributed by atoms with Gasteiger partial charge in [-0.3, -0.25) is 4.79 Å². The lowest BCUT2D eigenvalue weighted by Crippen LogP contribution is -2.40. The van der Waals surface area contributed by atoms with Gasteiger partial charge in [-0.25, -0.2) is 13.8 Å². The third kappa shape index (κ3) is 3.06. The van der Waals surface area contributed by atoms with Gasteiger partial charge in [0.2, 0.25) is 12.3 Å². The summed E-state index contributed by atoms with van der Waals surface area (Å²) in [6.45, 7) is 2.44. The van der Waals surface area contributed by atoms with E-state index in [1.807, 2.05) is 12.1 Å². The lowest BCUT2D eigenvalue weighted by atomic mass is 9.74. The molecule has 0 unspecified atom stereocenters. The number of amides is 1. The Morgan fingerprint density at radius 2 is 2.07 bits per heavy atom. The zero-order valence-electron chi connectivity index (χ0n) is 15.0. The van der Waals surface area contributed by atoms with Crippen LogP contribution in [-0.2, 0) is 21.5 Å². The molecule has 2 aliphatic rings. The van der Waals surface area contributed by atoms with Gasteiger partial charge in [-0.1, -0.05) is 12.1 Å². The maximum atomic E-state index is 14.1. The first-order valence-corrected chi connectivity index (χ1v) is 9.01. The van der Waals surface area contributed by atoms with Crippen molar-refractivity contribution in [2.75, 3.05) is 23.4 Å². The van der Waals surface area contributed by atoms with Crippen LogP contribution in [0.15, 0.2) is 36.5 Å². The Bertz CT molecular complexity index is 866. The van der Waals surface area contributed by atoms with E-state index < -0.39 is 11.8 Å². The predicted molar refractivity (Wildman–Crippen MR) is 98.6 cm³/mol. The summed E-state index contributed by atoms with van der Waals surface area (Å²) in [5, 5.41) is 3.24. The molecule has 4 rings (SSSR count). The Balaban J connectivity index is 1.82. The second-order valence-electron chi connectivity index (χ2n) is 7.04. The highest BCUT2D eigenvalue weighted by Gasteiger charge is 2.43. The number of halogens is 2. The Hall–Kier alpha value is -2.54. The van der Waals surface area contributed by atoms with Crippen molar-refractivity contribution in [3.63, 3.8) is 0 Å². The van der Waals surface area contributed by atoms with E-state index in [9.17, 15) is 13.6 Å². The molecule has 0 spiro atoms. The fourth-order valence-corrected chi connectivity index (χ4v) is 3.88. The second-order valence-corrected chi connectivity index (χ2v) is 7.04. The van der Waals surface area contributed by atoms with Crippen molar-refractivity contribution in [3.05, 3.63) is 47.7 Å². The molecule has 3 heterocycles. The summed E-state index contributed by atoms with van der Waals surface area (Å²) in [5.74, 6) is 0.523. The molecule has 5 nitrogen and oxygen atoms in total. The summed E-state index contributed by atoms with van der Waals surface area (Å²) >= 11 is 0. The van der Waals surface area contributed by atoms with Crippen LogP contribution in [0.1, 0.15) is 30.9 Å². The monoisotopic (exact) mass is 373 g/mol. The van der Waals surface area contributed by atoms with Gasteiger partial charge < -0.3 is 15.0 Å². The number of hydrogen-bond acceptors (Lipinski definition) is 4. The molecule has 0 bridgehead atoms. The SMILES string of the molecule is CC(=O)N1Cc2cccnc2Nc2ccc(C3(C(F)F)CCOCC3)cc21. The first kappa shape index (κ1) is 17.9. The van der Waals surface area contributed by atoms with E-state index in [2.05, 4.69) is 10.3 Å². The number of anilines is 3. The summed E-state index contributed by atoms with van der Waals surface area (Å²) in [6, 6.07) is 8.94. The van der Waals surface area contributed by atoms with Gasteiger partial charge >= 0.3 is 0 Å². The van der Waals surface area contributed by atoms with Gasteiger partial charge in [-0.15, -0.1) is 0 Å². The molecule has 2 aromatic rings. The summed E-state index contributed by atoms with van der Waals surface area (Å²) in [6.07, 6.45) is -0.294. The minimum Gasteiger partial charge on any atom is -0.381 e. The molecule has 1 fully saturated rings. The Morgan fingerprint density at radius 1 is 1.30 bits per heavy atom. The van der Waals surface area contributed by atoms with Crippen molar-refractivity contribution in [2.24, 2.45) is 0 Å². The molecule has 1 N–H and O–H groups in total. The van der Waals surface area contributed by atoms with Crippen LogP contribution < -0.4 is 10.2 Å².